The molecule has 5 heteroatoms. The van der Waals surface area contributed by atoms with Crippen molar-refractivity contribution in [2.24, 2.45) is 0 Å². The summed E-state index contributed by atoms with van der Waals surface area (Å²) < 4.78 is 0. The number of rotatable bonds is 6. The molecule has 2 aromatic rings. The maximum atomic E-state index is 12.7. The van der Waals surface area contributed by atoms with Crippen molar-refractivity contribution < 1.29 is 14.7 Å². The monoisotopic (exact) mass is 326 g/mol. The van der Waals surface area contributed by atoms with Crippen LogP contribution in [-0.2, 0) is 6.42 Å². The van der Waals surface area contributed by atoms with E-state index in [4.69, 9.17) is 5.11 Å². The number of carboxylic acid groups (broad SMARTS) is 1. The number of carboxylic acids is 1. The van der Waals surface area contributed by atoms with Crippen LogP contribution in [0.3, 0.4) is 0 Å². The minimum atomic E-state index is -1.09. The summed E-state index contributed by atoms with van der Waals surface area (Å²) in [6, 6.07) is 9.67. The van der Waals surface area contributed by atoms with E-state index >= 15 is 0 Å². The molecule has 1 atom stereocenters. The lowest BCUT2D eigenvalue weighted by molar-refractivity contribution is 0.0696. The third kappa shape index (κ3) is 4.19. The molecule has 1 unspecified atom stereocenters. The van der Waals surface area contributed by atoms with Crippen molar-refractivity contribution in [3.05, 3.63) is 65.0 Å². The Labute approximate surface area is 142 Å². The van der Waals surface area contributed by atoms with Crippen molar-refractivity contribution in [1.82, 2.24) is 9.88 Å². The van der Waals surface area contributed by atoms with E-state index in [2.05, 4.69) is 29.2 Å². The normalized spacial score (nSPS) is 11.8. The molecule has 0 fully saturated rings. The zero-order valence-corrected chi connectivity index (χ0v) is 14.2. The molecule has 0 aliphatic heterocycles. The van der Waals surface area contributed by atoms with Crippen LogP contribution in [0, 0.1) is 6.92 Å². The number of aromatic carboxylic acids is 1. The molecule has 5 nitrogen and oxygen atoms in total. The number of carbonyl (C=O) groups excluding carboxylic acids is 1. The SMILES string of the molecule is CCC(Cc1ccc(C)cc1)N(C)C(=O)c1cncc(C(=O)O)c1. The van der Waals surface area contributed by atoms with E-state index in [0.29, 0.717) is 5.56 Å². The molecule has 1 N–H and O–H groups in total. The molecule has 0 aliphatic rings. The van der Waals surface area contributed by atoms with Crippen molar-refractivity contribution in [1.29, 1.82) is 0 Å². The van der Waals surface area contributed by atoms with Gasteiger partial charge in [-0.3, -0.25) is 9.78 Å². The summed E-state index contributed by atoms with van der Waals surface area (Å²) >= 11 is 0. The zero-order chi connectivity index (χ0) is 17.7. The number of amides is 1. The van der Waals surface area contributed by atoms with Crippen molar-refractivity contribution in [3.63, 3.8) is 0 Å². The van der Waals surface area contributed by atoms with E-state index < -0.39 is 5.97 Å². The lowest BCUT2D eigenvalue weighted by Crippen LogP contribution is -2.38. The van der Waals surface area contributed by atoms with Gasteiger partial charge in [-0.15, -0.1) is 0 Å². The van der Waals surface area contributed by atoms with Crippen LogP contribution in [0.4, 0.5) is 0 Å². The summed E-state index contributed by atoms with van der Waals surface area (Å²) in [7, 11) is 1.75. The third-order valence-electron chi connectivity index (χ3n) is 4.16. The van der Waals surface area contributed by atoms with Crippen molar-refractivity contribution in [3.8, 4) is 0 Å². The predicted molar refractivity (Wildman–Crippen MR) is 92.3 cm³/mol. The number of aromatic nitrogens is 1. The van der Waals surface area contributed by atoms with Crippen LogP contribution in [0.5, 0.6) is 0 Å². The molecule has 1 aromatic heterocycles. The molecule has 1 aromatic carbocycles. The number of nitrogens with zero attached hydrogens (tertiary/aromatic N) is 2. The zero-order valence-electron chi connectivity index (χ0n) is 14.2. The van der Waals surface area contributed by atoms with Crippen LogP contribution in [0.25, 0.3) is 0 Å². The number of benzene rings is 1. The fourth-order valence-electron chi connectivity index (χ4n) is 2.59. The van der Waals surface area contributed by atoms with Gasteiger partial charge in [-0.1, -0.05) is 36.8 Å². The highest BCUT2D eigenvalue weighted by atomic mass is 16.4. The molecule has 0 saturated heterocycles. The first-order valence-corrected chi connectivity index (χ1v) is 7.93. The minimum absolute atomic E-state index is 0.0147. The molecule has 0 radical (unpaired) electrons. The van der Waals surface area contributed by atoms with Crippen molar-refractivity contribution in [2.75, 3.05) is 7.05 Å². The number of hydrogen-bond acceptors (Lipinski definition) is 3. The molecule has 2 rings (SSSR count). The molecule has 1 heterocycles. The molecule has 0 aliphatic carbocycles. The van der Waals surface area contributed by atoms with E-state index in [1.807, 2.05) is 13.8 Å². The van der Waals surface area contributed by atoms with Crippen LogP contribution in [0.1, 0.15) is 45.2 Å². The fourth-order valence-corrected chi connectivity index (χ4v) is 2.59. The van der Waals surface area contributed by atoms with Crippen molar-refractivity contribution in [2.45, 2.75) is 32.7 Å². The van der Waals surface area contributed by atoms with Gasteiger partial charge < -0.3 is 10.0 Å². The first-order valence-electron chi connectivity index (χ1n) is 7.93. The Morgan fingerprint density at radius 2 is 1.79 bits per heavy atom. The maximum absolute atomic E-state index is 12.7. The average molecular weight is 326 g/mol. The first kappa shape index (κ1) is 17.7. The third-order valence-corrected chi connectivity index (χ3v) is 4.16. The Morgan fingerprint density at radius 3 is 2.38 bits per heavy atom. The van der Waals surface area contributed by atoms with E-state index in [0.717, 1.165) is 12.8 Å². The number of hydrogen-bond donors (Lipinski definition) is 1. The van der Waals surface area contributed by atoms with Gasteiger partial charge in [-0.05, 0) is 31.4 Å². The molecule has 1 amide bonds. The van der Waals surface area contributed by atoms with Gasteiger partial charge >= 0.3 is 5.97 Å². The first-order chi connectivity index (χ1) is 11.4. The van der Waals surface area contributed by atoms with Gasteiger partial charge in [0.15, 0.2) is 0 Å². The topological polar surface area (TPSA) is 70.5 Å². The standard InChI is InChI=1S/C19H22N2O3/c1-4-17(9-14-7-5-13(2)6-8-14)21(3)18(22)15-10-16(19(23)24)12-20-11-15/h5-8,10-12,17H,4,9H2,1-3H3,(H,23,24). The number of aryl methyl sites for hydroxylation is 1. The van der Waals surface area contributed by atoms with Gasteiger partial charge in [0.2, 0.25) is 0 Å². The van der Waals surface area contributed by atoms with Gasteiger partial charge in [-0.2, -0.15) is 0 Å². The van der Waals surface area contributed by atoms with Crippen LogP contribution < -0.4 is 0 Å². The Morgan fingerprint density at radius 1 is 1.17 bits per heavy atom. The lowest BCUT2D eigenvalue weighted by atomic mass is 10.0. The summed E-state index contributed by atoms with van der Waals surface area (Å²) in [6.07, 6.45) is 4.21. The van der Waals surface area contributed by atoms with E-state index in [-0.39, 0.29) is 17.5 Å². The Bertz CT molecular complexity index is 726. The van der Waals surface area contributed by atoms with Gasteiger partial charge in [0.25, 0.3) is 5.91 Å². The average Bonchev–Trinajstić information content (AvgIpc) is 2.60. The van der Waals surface area contributed by atoms with Crippen LogP contribution >= 0.6 is 0 Å². The van der Waals surface area contributed by atoms with Crippen molar-refractivity contribution >= 4 is 11.9 Å². The second-order valence-electron chi connectivity index (χ2n) is 5.94. The molecule has 126 valence electrons. The Hall–Kier alpha value is -2.69. The fraction of sp³-hybridized carbons (Fsp3) is 0.316. The van der Waals surface area contributed by atoms with Gasteiger partial charge in [-0.25, -0.2) is 4.79 Å². The number of carbonyl (C=O) groups is 2. The second kappa shape index (κ2) is 7.73. The largest absolute Gasteiger partial charge is 0.478 e. The number of likely N-dealkylation sites (N-methyl/N-ethyl adjacent to an activating group) is 1. The summed E-state index contributed by atoms with van der Waals surface area (Å²) in [5, 5.41) is 9.04. The molecule has 0 bridgehead atoms. The van der Waals surface area contributed by atoms with E-state index in [9.17, 15) is 9.59 Å². The predicted octanol–water partition coefficient (Wildman–Crippen LogP) is 3.18. The second-order valence-corrected chi connectivity index (χ2v) is 5.94. The van der Waals surface area contributed by atoms with Crippen LogP contribution in [0.2, 0.25) is 0 Å². The van der Waals surface area contributed by atoms with Crippen LogP contribution in [-0.4, -0.2) is 40.0 Å². The number of pyridine rings is 1. The summed E-state index contributed by atoms with van der Waals surface area (Å²) in [4.78, 5) is 29.2. The van der Waals surface area contributed by atoms with Gasteiger partial charge in [0, 0.05) is 25.5 Å². The summed E-state index contributed by atoms with van der Waals surface area (Å²) in [6.45, 7) is 4.08. The highest BCUT2D eigenvalue weighted by Crippen LogP contribution is 2.15. The molecule has 0 saturated carbocycles. The molecular weight excluding hydrogens is 304 g/mol. The molecular formula is C19H22N2O3. The van der Waals surface area contributed by atoms with E-state index in [1.165, 1.54) is 29.6 Å². The Balaban J connectivity index is 2.16. The molecule has 24 heavy (non-hydrogen) atoms. The highest BCUT2D eigenvalue weighted by Gasteiger charge is 2.21. The maximum Gasteiger partial charge on any atom is 0.337 e. The highest BCUT2D eigenvalue weighted by molar-refractivity contribution is 5.97. The van der Waals surface area contributed by atoms with Crippen LogP contribution in [0.15, 0.2) is 42.7 Å². The lowest BCUT2D eigenvalue weighted by Gasteiger charge is -2.27. The van der Waals surface area contributed by atoms with Gasteiger partial charge in [0.1, 0.15) is 0 Å². The smallest absolute Gasteiger partial charge is 0.337 e. The molecule has 0 spiro atoms. The Kier molecular flexibility index (Phi) is 5.68. The minimum Gasteiger partial charge on any atom is -0.478 e. The quantitative estimate of drug-likeness (QED) is 0.885. The van der Waals surface area contributed by atoms with Gasteiger partial charge in [0.05, 0.1) is 11.1 Å². The summed E-state index contributed by atoms with van der Waals surface area (Å²) in [5.74, 6) is -1.31. The van der Waals surface area contributed by atoms with E-state index in [1.54, 1.807) is 11.9 Å². The summed E-state index contributed by atoms with van der Waals surface area (Å²) in [5.41, 5.74) is 2.68.